The molecule has 0 amide bonds. The van der Waals surface area contributed by atoms with E-state index in [9.17, 15) is 4.39 Å². The van der Waals surface area contributed by atoms with E-state index in [1.54, 1.807) is 0 Å². The summed E-state index contributed by atoms with van der Waals surface area (Å²) >= 11 is 0. The van der Waals surface area contributed by atoms with Crippen molar-refractivity contribution in [3.8, 4) is 0 Å². The quantitative estimate of drug-likeness (QED) is 0.624. The molecule has 1 nitrogen and oxygen atoms in total. The number of hydrogen-bond acceptors (Lipinski definition) is 1. The Morgan fingerprint density at radius 3 is 3.00 bits per heavy atom. The smallest absolute Gasteiger partial charge is 0.115 e. The lowest BCUT2D eigenvalue weighted by Crippen LogP contribution is -2.37. The molecule has 60 valence electrons. The summed E-state index contributed by atoms with van der Waals surface area (Å²) in [5.41, 5.74) is 0. The van der Waals surface area contributed by atoms with Gasteiger partial charge in [-0.15, -0.1) is 0 Å². The van der Waals surface area contributed by atoms with Crippen molar-refractivity contribution in [1.29, 1.82) is 0 Å². The zero-order chi connectivity index (χ0) is 7.40. The molecule has 1 unspecified atom stereocenters. The maximum Gasteiger partial charge on any atom is 0.115 e. The second kappa shape index (κ2) is 3.91. The standard InChI is InChI=1S/C8H16FN/c1-2-3-7-4-5-10-6-8(7)9/h7-8,10H,2-6H2,1H3/t7?,8-/m0/s1. The van der Waals surface area contributed by atoms with Gasteiger partial charge in [-0.05, 0) is 25.3 Å². The van der Waals surface area contributed by atoms with Gasteiger partial charge in [-0.25, -0.2) is 4.39 Å². The van der Waals surface area contributed by atoms with E-state index in [0.717, 1.165) is 25.8 Å². The number of alkyl halides is 1. The van der Waals surface area contributed by atoms with E-state index in [1.165, 1.54) is 0 Å². The van der Waals surface area contributed by atoms with Crippen LogP contribution in [0.2, 0.25) is 0 Å². The van der Waals surface area contributed by atoms with Gasteiger partial charge in [0.25, 0.3) is 0 Å². The third-order valence-corrected chi connectivity index (χ3v) is 2.20. The number of nitrogens with one attached hydrogen (secondary N) is 1. The van der Waals surface area contributed by atoms with Crippen LogP contribution in [0, 0.1) is 5.92 Å². The monoisotopic (exact) mass is 145 g/mol. The average Bonchev–Trinajstić information content (AvgIpc) is 1.94. The van der Waals surface area contributed by atoms with Gasteiger partial charge in [-0.2, -0.15) is 0 Å². The molecule has 0 spiro atoms. The normalized spacial score (nSPS) is 34.2. The molecule has 2 atom stereocenters. The molecule has 0 bridgehead atoms. The van der Waals surface area contributed by atoms with Crippen LogP contribution < -0.4 is 5.32 Å². The molecule has 1 saturated heterocycles. The van der Waals surface area contributed by atoms with E-state index in [1.807, 2.05) is 0 Å². The summed E-state index contributed by atoms with van der Waals surface area (Å²) in [4.78, 5) is 0. The first-order chi connectivity index (χ1) is 4.84. The lowest BCUT2D eigenvalue weighted by molar-refractivity contribution is 0.171. The van der Waals surface area contributed by atoms with Gasteiger partial charge < -0.3 is 5.32 Å². The third-order valence-electron chi connectivity index (χ3n) is 2.20. The van der Waals surface area contributed by atoms with Crippen molar-refractivity contribution in [1.82, 2.24) is 5.32 Å². The Balaban J connectivity index is 2.25. The van der Waals surface area contributed by atoms with Crippen LogP contribution in [0.1, 0.15) is 26.2 Å². The van der Waals surface area contributed by atoms with E-state index in [0.29, 0.717) is 12.5 Å². The highest BCUT2D eigenvalue weighted by atomic mass is 19.1. The van der Waals surface area contributed by atoms with Gasteiger partial charge in [0.15, 0.2) is 0 Å². The number of hydrogen-bond donors (Lipinski definition) is 1. The summed E-state index contributed by atoms with van der Waals surface area (Å²) in [7, 11) is 0. The summed E-state index contributed by atoms with van der Waals surface area (Å²) in [6.45, 7) is 3.70. The molecule has 2 heteroatoms. The lowest BCUT2D eigenvalue weighted by atomic mass is 9.92. The molecule has 0 aliphatic carbocycles. The van der Waals surface area contributed by atoms with Crippen molar-refractivity contribution in [2.24, 2.45) is 5.92 Å². The van der Waals surface area contributed by atoms with Crippen LogP contribution in [0.3, 0.4) is 0 Å². The second-order valence-corrected chi connectivity index (χ2v) is 3.06. The van der Waals surface area contributed by atoms with Crippen LogP contribution in [-0.4, -0.2) is 19.3 Å². The van der Waals surface area contributed by atoms with Crippen molar-refractivity contribution in [2.45, 2.75) is 32.4 Å². The Labute approximate surface area is 62.0 Å². The molecule has 0 aromatic rings. The Hall–Kier alpha value is -0.110. The molecule has 10 heavy (non-hydrogen) atoms. The maximum atomic E-state index is 13.0. The minimum atomic E-state index is -0.589. The molecule has 1 heterocycles. The Kier molecular flexibility index (Phi) is 3.13. The molecular formula is C8H16FN. The van der Waals surface area contributed by atoms with Crippen molar-refractivity contribution < 1.29 is 4.39 Å². The minimum Gasteiger partial charge on any atom is -0.314 e. The van der Waals surface area contributed by atoms with Crippen LogP contribution in [0.4, 0.5) is 4.39 Å². The van der Waals surface area contributed by atoms with Crippen LogP contribution in [-0.2, 0) is 0 Å². The van der Waals surface area contributed by atoms with Gasteiger partial charge >= 0.3 is 0 Å². The van der Waals surface area contributed by atoms with Crippen molar-refractivity contribution >= 4 is 0 Å². The highest BCUT2D eigenvalue weighted by molar-refractivity contribution is 4.76. The number of piperidine rings is 1. The highest BCUT2D eigenvalue weighted by Gasteiger charge is 2.22. The number of rotatable bonds is 2. The van der Waals surface area contributed by atoms with Gasteiger partial charge in [0.05, 0.1) is 0 Å². The number of halogens is 1. The highest BCUT2D eigenvalue weighted by Crippen LogP contribution is 2.20. The molecule has 1 aliphatic heterocycles. The molecule has 0 radical (unpaired) electrons. The molecule has 1 N–H and O–H groups in total. The predicted molar refractivity (Wildman–Crippen MR) is 40.8 cm³/mol. The summed E-state index contributed by atoms with van der Waals surface area (Å²) in [5.74, 6) is 0.339. The van der Waals surface area contributed by atoms with E-state index in [2.05, 4.69) is 12.2 Å². The summed E-state index contributed by atoms with van der Waals surface area (Å²) in [6.07, 6.45) is 2.61. The summed E-state index contributed by atoms with van der Waals surface area (Å²) < 4.78 is 13.0. The molecular weight excluding hydrogens is 129 g/mol. The maximum absolute atomic E-state index is 13.0. The molecule has 0 aromatic carbocycles. The van der Waals surface area contributed by atoms with Crippen LogP contribution in [0.25, 0.3) is 0 Å². The zero-order valence-electron chi connectivity index (χ0n) is 6.57. The fraction of sp³-hybridized carbons (Fsp3) is 1.00. The largest absolute Gasteiger partial charge is 0.314 e. The lowest BCUT2D eigenvalue weighted by Gasteiger charge is -2.25. The summed E-state index contributed by atoms with van der Waals surface area (Å²) in [6, 6.07) is 0. The van der Waals surface area contributed by atoms with Crippen LogP contribution in [0.5, 0.6) is 0 Å². The van der Waals surface area contributed by atoms with Gasteiger partial charge in [0.2, 0.25) is 0 Å². The Morgan fingerprint density at radius 1 is 1.60 bits per heavy atom. The van der Waals surface area contributed by atoms with Gasteiger partial charge in [0, 0.05) is 6.54 Å². The fourth-order valence-electron chi connectivity index (χ4n) is 1.57. The van der Waals surface area contributed by atoms with Gasteiger partial charge in [-0.1, -0.05) is 13.3 Å². The first-order valence-electron chi connectivity index (χ1n) is 4.19. The zero-order valence-corrected chi connectivity index (χ0v) is 6.57. The molecule has 1 rings (SSSR count). The molecule has 1 aliphatic rings. The van der Waals surface area contributed by atoms with E-state index in [-0.39, 0.29) is 0 Å². The summed E-state index contributed by atoms with van der Waals surface area (Å²) in [5, 5.41) is 3.05. The Morgan fingerprint density at radius 2 is 2.40 bits per heavy atom. The minimum absolute atomic E-state index is 0.339. The van der Waals surface area contributed by atoms with E-state index < -0.39 is 6.17 Å². The van der Waals surface area contributed by atoms with E-state index >= 15 is 0 Å². The average molecular weight is 145 g/mol. The third kappa shape index (κ3) is 1.94. The van der Waals surface area contributed by atoms with Crippen LogP contribution >= 0.6 is 0 Å². The molecule has 1 fully saturated rings. The first kappa shape index (κ1) is 7.99. The van der Waals surface area contributed by atoms with Crippen LogP contribution in [0.15, 0.2) is 0 Å². The fourth-order valence-corrected chi connectivity index (χ4v) is 1.57. The van der Waals surface area contributed by atoms with Crippen molar-refractivity contribution in [2.75, 3.05) is 13.1 Å². The van der Waals surface area contributed by atoms with Gasteiger partial charge in [0.1, 0.15) is 6.17 Å². The van der Waals surface area contributed by atoms with E-state index in [4.69, 9.17) is 0 Å². The molecule has 0 aromatic heterocycles. The Bertz CT molecular complexity index is 93.3. The topological polar surface area (TPSA) is 12.0 Å². The first-order valence-corrected chi connectivity index (χ1v) is 4.19. The van der Waals surface area contributed by atoms with Crippen molar-refractivity contribution in [3.05, 3.63) is 0 Å². The van der Waals surface area contributed by atoms with Crippen molar-refractivity contribution in [3.63, 3.8) is 0 Å². The predicted octanol–water partition coefficient (Wildman–Crippen LogP) is 1.73. The molecule has 0 saturated carbocycles. The van der Waals surface area contributed by atoms with Gasteiger partial charge in [-0.3, -0.25) is 0 Å². The second-order valence-electron chi connectivity index (χ2n) is 3.06. The SMILES string of the molecule is CCCC1CCNC[C@@H]1F.